The molecular formula is C8H11BrMg. The molecular weight excluding hydrogens is 200 g/mol. The van der Waals surface area contributed by atoms with Crippen LogP contribution >= 0.6 is 17.0 Å². The van der Waals surface area contributed by atoms with Gasteiger partial charge in [0.05, 0.1) is 0 Å². The molecule has 0 atom stereocenters. The number of aryl methyl sites for hydroxylation is 1. The largest absolute Gasteiger partial charge is 2.00 e. The zero-order valence-electron chi connectivity index (χ0n) is 6.42. The van der Waals surface area contributed by atoms with Crippen LogP contribution in [-0.2, 0) is 0 Å². The summed E-state index contributed by atoms with van der Waals surface area (Å²) in [5.41, 5.74) is 1.27. The number of benzene rings is 1. The predicted molar refractivity (Wildman–Crippen MR) is 52.5 cm³/mol. The van der Waals surface area contributed by atoms with Crippen molar-refractivity contribution in [3.05, 3.63) is 43.3 Å². The fraction of sp³-hybridized carbons (Fsp3) is 0.125. The summed E-state index contributed by atoms with van der Waals surface area (Å²) in [5.74, 6) is 0. The summed E-state index contributed by atoms with van der Waals surface area (Å²) in [4.78, 5) is 0. The third-order valence-electron chi connectivity index (χ3n) is 0.863. The van der Waals surface area contributed by atoms with Crippen LogP contribution in [0.1, 0.15) is 5.56 Å². The predicted octanol–water partition coefficient (Wildman–Crippen LogP) is 2.44. The van der Waals surface area contributed by atoms with Crippen molar-refractivity contribution in [1.29, 1.82) is 0 Å². The molecule has 0 aliphatic heterocycles. The van der Waals surface area contributed by atoms with Crippen molar-refractivity contribution in [3.63, 3.8) is 0 Å². The number of hydrogen-bond donors (Lipinski definition) is 0. The Bertz CT molecular complexity index is 139. The van der Waals surface area contributed by atoms with Crippen molar-refractivity contribution in [2.45, 2.75) is 6.92 Å². The van der Waals surface area contributed by atoms with E-state index in [1.54, 1.807) is 0 Å². The molecule has 0 saturated heterocycles. The van der Waals surface area contributed by atoms with Gasteiger partial charge >= 0.3 is 23.1 Å². The van der Waals surface area contributed by atoms with Crippen LogP contribution < -0.4 is 0 Å². The minimum atomic E-state index is 0. The Hall–Kier alpha value is 0.466. The van der Waals surface area contributed by atoms with Gasteiger partial charge in [-0.15, -0.1) is 17.0 Å². The summed E-state index contributed by atoms with van der Waals surface area (Å²) >= 11 is 0. The Morgan fingerprint density at radius 3 is 2.20 bits per heavy atom. The van der Waals surface area contributed by atoms with E-state index >= 15 is 0 Å². The van der Waals surface area contributed by atoms with Crippen LogP contribution in [0.5, 0.6) is 0 Å². The average Bonchev–Trinajstić information content (AvgIpc) is 1.69. The monoisotopic (exact) mass is 210 g/mol. The number of rotatable bonds is 0. The van der Waals surface area contributed by atoms with E-state index < -0.39 is 0 Å². The molecule has 0 saturated carbocycles. The molecule has 1 aromatic rings. The fourth-order valence-electron chi connectivity index (χ4n) is 0.483. The van der Waals surface area contributed by atoms with E-state index in [9.17, 15) is 0 Å². The molecule has 1 rings (SSSR count). The first-order valence-corrected chi connectivity index (χ1v) is 2.32. The molecule has 0 unspecified atom stereocenters. The van der Waals surface area contributed by atoms with Crippen LogP contribution in [0.4, 0.5) is 0 Å². The number of hydrogen-bond acceptors (Lipinski definition) is 0. The second-order valence-corrected chi connectivity index (χ2v) is 1.58. The Morgan fingerprint density at radius 2 is 2.00 bits per heavy atom. The van der Waals surface area contributed by atoms with Gasteiger partial charge in [-0.2, -0.15) is 35.9 Å². The van der Waals surface area contributed by atoms with E-state index in [0.29, 0.717) is 0 Å². The maximum absolute atomic E-state index is 2.96. The van der Waals surface area contributed by atoms with Gasteiger partial charge in [0.2, 0.25) is 0 Å². The van der Waals surface area contributed by atoms with Gasteiger partial charge in [-0.05, 0) is 0 Å². The first kappa shape index (κ1) is 16.8. The van der Waals surface area contributed by atoms with Crippen molar-refractivity contribution in [2.24, 2.45) is 0 Å². The Morgan fingerprint density at radius 1 is 1.40 bits per heavy atom. The molecule has 0 nitrogen and oxygen atoms in total. The van der Waals surface area contributed by atoms with Crippen molar-refractivity contribution in [1.82, 2.24) is 0 Å². The van der Waals surface area contributed by atoms with E-state index in [2.05, 4.69) is 19.1 Å². The SMILES string of the molecule is Br.Cc1c[c-]ccc1.[CH3-].[Mg+2]. The molecule has 0 aromatic heterocycles. The molecule has 0 spiro atoms. The molecule has 52 valence electrons. The van der Waals surface area contributed by atoms with E-state index in [1.165, 1.54) is 5.56 Å². The maximum atomic E-state index is 2.96. The second kappa shape index (κ2) is 9.47. The molecule has 2 heteroatoms. The van der Waals surface area contributed by atoms with Gasteiger partial charge in [-0.3, -0.25) is 0 Å². The van der Waals surface area contributed by atoms with E-state index in [1.807, 2.05) is 18.2 Å². The van der Waals surface area contributed by atoms with Gasteiger partial charge < -0.3 is 7.43 Å². The Kier molecular flexibility index (Phi) is 15.9. The van der Waals surface area contributed by atoms with Gasteiger partial charge in [-0.1, -0.05) is 6.92 Å². The van der Waals surface area contributed by atoms with Crippen LogP contribution in [0.15, 0.2) is 24.3 Å². The summed E-state index contributed by atoms with van der Waals surface area (Å²) < 4.78 is 0. The fourth-order valence-corrected chi connectivity index (χ4v) is 0.483. The van der Waals surface area contributed by atoms with E-state index in [4.69, 9.17) is 0 Å². The first-order valence-electron chi connectivity index (χ1n) is 2.32. The minimum Gasteiger partial charge on any atom is -0.358 e. The van der Waals surface area contributed by atoms with Crippen LogP contribution in [0.25, 0.3) is 0 Å². The van der Waals surface area contributed by atoms with Gasteiger partial charge in [-0.25, -0.2) is 0 Å². The van der Waals surface area contributed by atoms with Crippen LogP contribution in [0, 0.1) is 20.4 Å². The van der Waals surface area contributed by atoms with Gasteiger partial charge in [0.1, 0.15) is 0 Å². The quantitative estimate of drug-likeness (QED) is 0.457. The van der Waals surface area contributed by atoms with E-state index in [0.717, 1.165) is 0 Å². The second-order valence-electron chi connectivity index (χ2n) is 1.58. The van der Waals surface area contributed by atoms with Crippen LogP contribution in [0.2, 0.25) is 0 Å². The molecule has 0 aliphatic carbocycles. The van der Waals surface area contributed by atoms with E-state index in [-0.39, 0.29) is 47.5 Å². The molecule has 0 aliphatic rings. The standard InChI is InChI=1S/C7H7.CH3.BrH.Mg/c1-7-5-3-2-4-6-7;;;/h2-3,5-6H,1H3;1H3;1H;/q2*-1;;+2. The molecule has 10 heavy (non-hydrogen) atoms. The van der Waals surface area contributed by atoms with Crippen LogP contribution in [-0.4, -0.2) is 23.1 Å². The zero-order chi connectivity index (χ0) is 5.11. The van der Waals surface area contributed by atoms with Crippen molar-refractivity contribution >= 4 is 40.0 Å². The summed E-state index contributed by atoms with van der Waals surface area (Å²) in [7, 11) is 0. The maximum Gasteiger partial charge on any atom is 2.00 e. The summed E-state index contributed by atoms with van der Waals surface area (Å²) in [6, 6.07) is 10.8. The topological polar surface area (TPSA) is 0 Å². The van der Waals surface area contributed by atoms with Crippen molar-refractivity contribution < 1.29 is 0 Å². The Balaban J connectivity index is -0.000000163. The smallest absolute Gasteiger partial charge is 0.358 e. The molecule has 0 amide bonds. The summed E-state index contributed by atoms with van der Waals surface area (Å²) in [5, 5.41) is 0. The molecule has 0 radical (unpaired) electrons. The van der Waals surface area contributed by atoms with Gasteiger partial charge in [0.25, 0.3) is 0 Å². The summed E-state index contributed by atoms with van der Waals surface area (Å²) in [6.45, 7) is 2.05. The number of halogens is 1. The Labute approximate surface area is 89.9 Å². The molecule has 1 aromatic carbocycles. The van der Waals surface area contributed by atoms with Gasteiger partial charge in [0, 0.05) is 0 Å². The van der Waals surface area contributed by atoms with Crippen LogP contribution in [0.3, 0.4) is 0 Å². The zero-order valence-corrected chi connectivity index (χ0v) is 9.55. The summed E-state index contributed by atoms with van der Waals surface area (Å²) in [6.07, 6.45) is 0. The van der Waals surface area contributed by atoms with Crippen molar-refractivity contribution in [2.75, 3.05) is 0 Å². The van der Waals surface area contributed by atoms with Crippen molar-refractivity contribution in [3.8, 4) is 0 Å². The average molecular weight is 211 g/mol. The third-order valence-corrected chi connectivity index (χ3v) is 0.863. The molecule has 0 fully saturated rings. The van der Waals surface area contributed by atoms with Gasteiger partial charge in [0.15, 0.2) is 0 Å². The normalized spacial score (nSPS) is 6.10. The molecule has 0 bridgehead atoms. The first-order chi connectivity index (χ1) is 3.39. The molecule has 0 heterocycles. The third kappa shape index (κ3) is 6.58. The molecule has 0 N–H and O–H groups in total. The minimum absolute atomic E-state index is 0.